The van der Waals surface area contributed by atoms with Crippen molar-refractivity contribution in [2.75, 3.05) is 25.5 Å². The molecule has 0 fully saturated rings. The monoisotopic (exact) mass is 376 g/mol. The fourth-order valence-electron chi connectivity index (χ4n) is 2.74. The third-order valence-corrected chi connectivity index (χ3v) is 4.26. The Balaban J connectivity index is 1.62. The van der Waals surface area contributed by atoms with Gasteiger partial charge in [0.05, 0.1) is 6.61 Å². The standard InChI is InChI=1S/C22H24N4O2/c1-3-28-20-6-4-18(5-7-20)25-19-10-14-24-21(16-19)22(27)26(2)15-11-17-8-12-23-13-9-17/h4-10,12-14,16H,3,11,15H2,1-2H3,(H,24,25). The molecule has 0 aliphatic carbocycles. The molecule has 1 N–H and O–H groups in total. The number of carbonyl (C=O) groups excluding carboxylic acids is 1. The second-order valence-corrected chi connectivity index (χ2v) is 6.34. The molecule has 1 amide bonds. The Bertz CT molecular complexity index is 898. The molecule has 2 aromatic heterocycles. The molecule has 144 valence electrons. The average Bonchev–Trinajstić information content (AvgIpc) is 2.74. The largest absolute Gasteiger partial charge is 0.494 e. The predicted molar refractivity (Wildman–Crippen MR) is 110 cm³/mol. The molecular weight excluding hydrogens is 352 g/mol. The molecule has 0 aliphatic rings. The molecule has 0 saturated carbocycles. The summed E-state index contributed by atoms with van der Waals surface area (Å²) in [5.74, 6) is 0.721. The Morgan fingerprint density at radius 3 is 2.50 bits per heavy atom. The molecule has 3 aromatic rings. The average molecular weight is 376 g/mol. The van der Waals surface area contributed by atoms with Crippen LogP contribution in [0.4, 0.5) is 11.4 Å². The number of benzene rings is 1. The van der Waals surface area contributed by atoms with E-state index in [0.717, 1.165) is 29.1 Å². The summed E-state index contributed by atoms with van der Waals surface area (Å²) < 4.78 is 5.45. The first-order valence-electron chi connectivity index (χ1n) is 9.26. The Hall–Kier alpha value is -3.41. The first-order chi connectivity index (χ1) is 13.7. The van der Waals surface area contributed by atoms with E-state index in [-0.39, 0.29) is 5.91 Å². The number of ether oxygens (including phenoxy) is 1. The molecule has 0 saturated heterocycles. The molecule has 6 nitrogen and oxygen atoms in total. The summed E-state index contributed by atoms with van der Waals surface area (Å²) in [7, 11) is 1.79. The number of pyridine rings is 2. The van der Waals surface area contributed by atoms with Gasteiger partial charge in [0.15, 0.2) is 0 Å². The van der Waals surface area contributed by atoms with Gasteiger partial charge in [-0.3, -0.25) is 14.8 Å². The lowest BCUT2D eigenvalue weighted by Gasteiger charge is -2.17. The Kier molecular flexibility index (Phi) is 6.57. The number of amides is 1. The highest BCUT2D eigenvalue weighted by Gasteiger charge is 2.13. The summed E-state index contributed by atoms with van der Waals surface area (Å²) in [6, 6.07) is 15.2. The molecule has 0 aliphatic heterocycles. The highest BCUT2D eigenvalue weighted by atomic mass is 16.5. The number of hydrogen-bond acceptors (Lipinski definition) is 5. The molecule has 0 bridgehead atoms. The van der Waals surface area contributed by atoms with Gasteiger partial charge in [-0.15, -0.1) is 0 Å². The van der Waals surface area contributed by atoms with Crippen molar-refractivity contribution >= 4 is 17.3 Å². The van der Waals surface area contributed by atoms with Crippen LogP contribution in [-0.2, 0) is 6.42 Å². The molecular formula is C22H24N4O2. The van der Waals surface area contributed by atoms with Crippen LogP contribution in [0.5, 0.6) is 5.75 Å². The van der Waals surface area contributed by atoms with Gasteiger partial charge < -0.3 is 15.0 Å². The van der Waals surface area contributed by atoms with Crippen molar-refractivity contribution in [3.8, 4) is 5.75 Å². The Morgan fingerprint density at radius 2 is 1.79 bits per heavy atom. The van der Waals surface area contributed by atoms with Gasteiger partial charge in [-0.25, -0.2) is 0 Å². The van der Waals surface area contributed by atoms with Crippen molar-refractivity contribution in [1.29, 1.82) is 0 Å². The van der Waals surface area contributed by atoms with Crippen molar-refractivity contribution in [2.24, 2.45) is 0 Å². The molecule has 2 heterocycles. The number of carbonyl (C=O) groups is 1. The van der Waals surface area contributed by atoms with Crippen LogP contribution in [0, 0.1) is 0 Å². The smallest absolute Gasteiger partial charge is 0.272 e. The Morgan fingerprint density at radius 1 is 1.04 bits per heavy atom. The third-order valence-electron chi connectivity index (χ3n) is 4.26. The van der Waals surface area contributed by atoms with Crippen LogP contribution in [0.25, 0.3) is 0 Å². The van der Waals surface area contributed by atoms with Crippen LogP contribution < -0.4 is 10.1 Å². The van der Waals surface area contributed by atoms with E-state index in [4.69, 9.17) is 4.74 Å². The molecule has 0 radical (unpaired) electrons. The molecule has 1 aromatic carbocycles. The van der Waals surface area contributed by atoms with Crippen molar-refractivity contribution < 1.29 is 9.53 Å². The summed E-state index contributed by atoms with van der Waals surface area (Å²) in [4.78, 5) is 22.6. The fraction of sp³-hybridized carbons (Fsp3) is 0.227. The van der Waals surface area contributed by atoms with Crippen LogP contribution in [0.1, 0.15) is 23.0 Å². The second kappa shape index (κ2) is 9.50. The highest BCUT2D eigenvalue weighted by Crippen LogP contribution is 2.20. The van der Waals surface area contributed by atoms with E-state index < -0.39 is 0 Å². The zero-order valence-corrected chi connectivity index (χ0v) is 16.1. The zero-order chi connectivity index (χ0) is 19.8. The number of hydrogen-bond donors (Lipinski definition) is 1. The van der Waals surface area contributed by atoms with E-state index >= 15 is 0 Å². The van der Waals surface area contributed by atoms with Crippen LogP contribution in [0.15, 0.2) is 67.1 Å². The van der Waals surface area contributed by atoms with Gasteiger partial charge in [0, 0.05) is 43.6 Å². The first kappa shape index (κ1) is 19.4. The van der Waals surface area contributed by atoms with Gasteiger partial charge in [-0.2, -0.15) is 0 Å². The number of likely N-dealkylation sites (N-methyl/N-ethyl adjacent to an activating group) is 1. The summed E-state index contributed by atoms with van der Waals surface area (Å²) in [6.07, 6.45) is 5.93. The molecule has 0 atom stereocenters. The minimum Gasteiger partial charge on any atom is -0.494 e. The molecule has 3 rings (SSSR count). The van der Waals surface area contributed by atoms with Crippen molar-refractivity contribution in [1.82, 2.24) is 14.9 Å². The maximum atomic E-state index is 12.7. The van der Waals surface area contributed by atoms with Gasteiger partial charge in [-0.1, -0.05) is 0 Å². The van der Waals surface area contributed by atoms with E-state index in [1.165, 1.54) is 0 Å². The van der Waals surface area contributed by atoms with Gasteiger partial charge in [0.1, 0.15) is 11.4 Å². The zero-order valence-electron chi connectivity index (χ0n) is 16.1. The predicted octanol–water partition coefficient (Wildman–Crippen LogP) is 3.93. The van der Waals surface area contributed by atoms with E-state index in [1.807, 2.05) is 49.4 Å². The van der Waals surface area contributed by atoms with Crippen molar-refractivity contribution in [3.05, 3.63) is 78.4 Å². The van der Waals surface area contributed by atoms with E-state index in [2.05, 4.69) is 15.3 Å². The first-order valence-corrected chi connectivity index (χ1v) is 9.26. The van der Waals surface area contributed by atoms with Gasteiger partial charge in [-0.05, 0) is 67.4 Å². The molecule has 28 heavy (non-hydrogen) atoms. The lowest BCUT2D eigenvalue weighted by Crippen LogP contribution is -2.29. The summed E-state index contributed by atoms with van der Waals surface area (Å²) in [6.45, 7) is 3.20. The highest BCUT2D eigenvalue weighted by molar-refractivity contribution is 5.93. The molecule has 0 unspecified atom stereocenters. The van der Waals surface area contributed by atoms with Gasteiger partial charge in [0.25, 0.3) is 5.91 Å². The van der Waals surface area contributed by atoms with E-state index in [9.17, 15) is 4.79 Å². The third kappa shape index (κ3) is 5.30. The van der Waals surface area contributed by atoms with Crippen LogP contribution in [0.2, 0.25) is 0 Å². The SMILES string of the molecule is CCOc1ccc(Nc2ccnc(C(=O)N(C)CCc3ccncc3)c2)cc1. The number of nitrogens with one attached hydrogen (secondary N) is 1. The number of nitrogens with zero attached hydrogens (tertiary/aromatic N) is 3. The van der Waals surface area contributed by atoms with E-state index in [0.29, 0.717) is 18.8 Å². The van der Waals surface area contributed by atoms with Crippen molar-refractivity contribution in [2.45, 2.75) is 13.3 Å². The quantitative estimate of drug-likeness (QED) is 0.645. The van der Waals surface area contributed by atoms with Gasteiger partial charge in [0.2, 0.25) is 0 Å². The van der Waals surface area contributed by atoms with Gasteiger partial charge >= 0.3 is 0 Å². The fourth-order valence-corrected chi connectivity index (χ4v) is 2.74. The van der Waals surface area contributed by atoms with Crippen molar-refractivity contribution in [3.63, 3.8) is 0 Å². The normalized spacial score (nSPS) is 10.4. The maximum Gasteiger partial charge on any atom is 0.272 e. The summed E-state index contributed by atoms with van der Waals surface area (Å²) in [5.41, 5.74) is 3.28. The van der Waals surface area contributed by atoms with Crippen LogP contribution >= 0.6 is 0 Å². The number of rotatable bonds is 8. The minimum absolute atomic E-state index is 0.107. The summed E-state index contributed by atoms with van der Waals surface area (Å²) in [5, 5.41) is 3.29. The Labute approximate surface area is 165 Å². The topological polar surface area (TPSA) is 67.3 Å². The number of anilines is 2. The molecule has 0 spiro atoms. The van der Waals surface area contributed by atoms with Crippen LogP contribution in [-0.4, -0.2) is 41.0 Å². The van der Waals surface area contributed by atoms with E-state index in [1.54, 1.807) is 36.6 Å². The lowest BCUT2D eigenvalue weighted by atomic mass is 10.2. The lowest BCUT2D eigenvalue weighted by molar-refractivity contribution is 0.0791. The summed E-state index contributed by atoms with van der Waals surface area (Å²) >= 11 is 0. The van der Waals surface area contributed by atoms with Crippen LogP contribution in [0.3, 0.4) is 0 Å². The maximum absolute atomic E-state index is 12.7. The second-order valence-electron chi connectivity index (χ2n) is 6.34. The number of aromatic nitrogens is 2. The minimum atomic E-state index is -0.107. The molecule has 6 heteroatoms.